The van der Waals surface area contributed by atoms with Crippen LogP contribution in [0.5, 0.6) is 0 Å². The third kappa shape index (κ3) is 6.58. The van der Waals surface area contributed by atoms with Crippen molar-refractivity contribution in [2.45, 2.75) is 63.7 Å². The maximum Gasteiger partial charge on any atom is 0.408 e. The van der Waals surface area contributed by atoms with Crippen molar-refractivity contribution in [1.29, 1.82) is 0 Å². The highest BCUT2D eigenvalue weighted by Crippen LogP contribution is 2.47. The van der Waals surface area contributed by atoms with E-state index in [9.17, 15) is 23.5 Å². The number of aliphatic hydroxyl groups is 1. The zero-order valence-corrected chi connectivity index (χ0v) is 15.5. The van der Waals surface area contributed by atoms with Gasteiger partial charge in [-0.25, -0.2) is 13.6 Å². The Bertz CT molecular complexity index is 618. The van der Waals surface area contributed by atoms with Gasteiger partial charge in [-0.1, -0.05) is 0 Å². The molecule has 1 aliphatic carbocycles. The molecule has 2 amide bonds. The molecule has 1 unspecified atom stereocenters. The van der Waals surface area contributed by atoms with Crippen molar-refractivity contribution in [3.05, 3.63) is 12.3 Å². The Hall–Kier alpha value is -2.23. The molecule has 1 atom stereocenters. The summed E-state index contributed by atoms with van der Waals surface area (Å²) in [4.78, 5) is 21.3. The Kier molecular flexibility index (Phi) is 6.70. The van der Waals surface area contributed by atoms with Crippen LogP contribution in [0, 0.1) is 0 Å². The van der Waals surface area contributed by atoms with E-state index >= 15 is 0 Å². The smallest absolute Gasteiger partial charge is 0.408 e. The number of carbonyl (C=O) groups is 2. The third-order valence-electron chi connectivity index (χ3n) is 3.62. The Morgan fingerprint density at radius 1 is 1.46 bits per heavy atom. The lowest BCUT2D eigenvalue weighted by Crippen LogP contribution is -2.67. The third-order valence-corrected chi connectivity index (χ3v) is 3.62. The van der Waals surface area contributed by atoms with Crippen molar-refractivity contribution in [1.82, 2.24) is 15.1 Å². The van der Waals surface area contributed by atoms with Gasteiger partial charge in [0.25, 0.3) is 5.92 Å². The lowest BCUT2D eigenvalue weighted by Gasteiger charge is -2.49. The first-order valence-electron chi connectivity index (χ1n) is 8.05. The standard InChI is InChI=1S/C11H19F2NO3.C5H7N3O/c1-7(15)10(5-11(12,13)6-10)14-8(16)17-9(2,3)4;1-8-3-2-5(7-8)6-4-9/h7,15H,5-6H2,1-4H3,(H,14,16);2-4H,1H3,(H,6,7,9). The SMILES string of the molecule is CC(O)C1(NC(=O)OC(C)(C)C)CC(F)(F)C1.Cn1ccc(NC=O)n1. The van der Waals surface area contributed by atoms with E-state index in [0.717, 1.165) is 0 Å². The number of aliphatic hydroxyl groups excluding tert-OH is 1. The largest absolute Gasteiger partial charge is 0.444 e. The molecule has 1 saturated carbocycles. The van der Waals surface area contributed by atoms with E-state index in [1.807, 2.05) is 0 Å². The highest BCUT2D eigenvalue weighted by Gasteiger charge is 2.60. The molecule has 1 aromatic rings. The summed E-state index contributed by atoms with van der Waals surface area (Å²) in [6.45, 7) is 6.41. The normalized spacial score (nSPS) is 18.5. The predicted molar refractivity (Wildman–Crippen MR) is 90.9 cm³/mol. The van der Waals surface area contributed by atoms with Crippen LogP contribution in [0.25, 0.3) is 0 Å². The fourth-order valence-electron chi connectivity index (χ4n) is 2.42. The van der Waals surface area contributed by atoms with Crippen molar-refractivity contribution in [3.8, 4) is 0 Å². The fraction of sp³-hybridized carbons (Fsp3) is 0.688. The molecule has 1 aromatic heterocycles. The van der Waals surface area contributed by atoms with Crippen LogP contribution in [0.4, 0.5) is 19.4 Å². The molecule has 26 heavy (non-hydrogen) atoms. The number of aromatic nitrogens is 2. The van der Waals surface area contributed by atoms with Crippen molar-refractivity contribution in [2.75, 3.05) is 5.32 Å². The Morgan fingerprint density at radius 3 is 2.38 bits per heavy atom. The molecular formula is C16H26F2N4O4. The highest BCUT2D eigenvalue weighted by atomic mass is 19.3. The number of anilines is 1. The summed E-state index contributed by atoms with van der Waals surface area (Å²) in [5, 5.41) is 18.1. The Balaban J connectivity index is 0.000000314. The van der Waals surface area contributed by atoms with Crippen LogP contribution in [0.15, 0.2) is 12.3 Å². The number of nitrogens with one attached hydrogen (secondary N) is 2. The van der Waals surface area contributed by atoms with E-state index in [4.69, 9.17) is 4.74 Å². The van der Waals surface area contributed by atoms with Gasteiger partial charge in [-0.3, -0.25) is 9.48 Å². The van der Waals surface area contributed by atoms with Crippen LogP contribution >= 0.6 is 0 Å². The van der Waals surface area contributed by atoms with Gasteiger partial charge < -0.3 is 20.5 Å². The number of alkyl carbamates (subject to hydrolysis) is 1. The fourth-order valence-corrected chi connectivity index (χ4v) is 2.42. The Morgan fingerprint density at radius 2 is 2.04 bits per heavy atom. The summed E-state index contributed by atoms with van der Waals surface area (Å²) in [7, 11) is 1.79. The lowest BCUT2D eigenvalue weighted by atomic mass is 9.70. The van der Waals surface area contributed by atoms with Gasteiger partial charge in [-0.05, 0) is 27.7 Å². The van der Waals surface area contributed by atoms with Crippen LogP contribution in [0.3, 0.4) is 0 Å². The van der Waals surface area contributed by atoms with E-state index in [0.29, 0.717) is 12.2 Å². The van der Waals surface area contributed by atoms with Gasteiger partial charge in [0, 0.05) is 32.2 Å². The number of hydrogen-bond acceptors (Lipinski definition) is 5. The minimum Gasteiger partial charge on any atom is -0.444 e. The van der Waals surface area contributed by atoms with Crippen molar-refractivity contribution in [2.24, 2.45) is 7.05 Å². The van der Waals surface area contributed by atoms with E-state index in [1.54, 1.807) is 44.8 Å². The molecule has 0 spiro atoms. The van der Waals surface area contributed by atoms with E-state index in [-0.39, 0.29) is 0 Å². The van der Waals surface area contributed by atoms with E-state index in [1.165, 1.54) is 6.92 Å². The van der Waals surface area contributed by atoms with E-state index < -0.39 is 42.1 Å². The van der Waals surface area contributed by atoms with Gasteiger partial charge in [-0.2, -0.15) is 5.10 Å². The molecule has 8 nitrogen and oxygen atoms in total. The second kappa shape index (κ2) is 7.98. The molecule has 1 aliphatic rings. The molecule has 1 heterocycles. The second-order valence-corrected chi connectivity index (χ2v) is 7.31. The summed E-state index contributed by atoms with van der Waals surface area (Å²) >= 11 is 0. The Labute approximate surface area is 150 Å². The summed E-state index contributed by atoms with van der Waals surface area (Å²) < 4.78 is 32.4. The first-order chi connectivity index (χ1) is 11.8. The lowest BCUT2D eigenvalue weighted by molar-refractivity contribution is -0.163. The average Bonchev–Trinajstić information content (AvgIpc) is 2.80. The molecule has 3 N–H and O–H groups in total. The molecule has 0 bridgehead atoms. The number of rotatable bonds is 4. The molecule has 10 heteroatoms. The number of carbonyl (C=O) groups excluding carboxylic acids is 2. The maximum absolute atomic E-state index is 12.9. The summed E-state index contributed by atoms with van der Waals surface area (Å²) in [5.74, 6) is -2.25. The number of aryl methyl sites for hydroxylation is 1. The monoisotopic (exact) mass is 376 g/mol. The average molecular weight is 376 g/mol. The van der Waals surface area contributed by atoms with E-state index in [2.05, 4.69) is 15.7 Å². The maximum atomic E-state index is 12.9. The number of halogens is 2. The molecule has 0 saturated heterocycles. The zero-order valence-electron chi connectivity index (χ0n) is 15.5. The van der Waals surface area contributed by atoms with Crippen LogP contribution in [-0.4, -0.2) is 50.6 Å². The number of nitrogens with zero attached hydrogens (tertiary/aromatic N) is 2. The minimum atomic E-state index is -2.83. The topological polar surface area (TPSA) is 105 Å². The van der Waals surface area contributed by atoms with Crippen LogP contribution < -0.4 is 10.6 Å². The quantitative estimate of drug-likeness (QED) is 0.698. The summed E-state index contributed by atoms with van der Waals surface area (Å²) in [5.41, 5.74) is -1.97. The van der Waals surface area contributed by atoms with Crippen molar-refractivity contribution in [3.63, 3.8) is 0 Å². The summed E-state index contributed by atoms with van der Waals surface area (Å²) in [6.07, 6.45) is -0.592. The van der Waals surface area contributed by atoms with Crippen LogP contribution in [0.2, 0.25) is 0 Å². The van der Waals surface area contributed by atoms with Crippen LogP contribution in [-0.2, 0) is 16.6 Å². The second-order valence-electron chi connectivity index (χ2n) is 7.31. The number of alkyl halides is 2. The van der Waals surface area contributed by atoms with Gasteiger partial charge in [0.05, 0.1) is 11.6 Å². The number of amides is 2. The molecule has 0 radical (unpaired) electrons. The first-order valence-corrected chi connectivity index (χ1v) is 8.05. The number of hydrogen-bond donors (Lipinski definition) is 3. The molecular weight excluding hydrogens is 350 g/mol. The highest BCUT2D eigenvalue weighted by molar-refractivity contribution is 5.69. The van der Waals surface area contributed by atoms with Gasteiger partial charge in [0.15, 0.2) is 5.82 Å². The van der Waals surface area contributed by atoms with Crippen molar-refractivity contribution >= 4 is 18.3 Å². The van der Waals surface area contributed by atoms with Gasteiger partial charge in [0.2, 0.25) is 6.41 Å². The molecule has 0 aliphatic heterocycles. The summed E-state index contributed by atoms with van der Waals surface area (Å²) in [6, 6.07) is 1.72. The number of ether oxygens (including phenoxy) is 1. The molecule has 0 aromatic carbocycles. The first kappa shape index (κ1) is 21.8. The predicted octanol–water partition coefficient (Wildman–Crippen LogP) is 2.05. The van der Waals surface area contributed by atoms with Gasteiger partial charge in [-0.15, -0.1) is 0 Å². The molecule has 2 rings (SSSR count). The minimum absolute atomic E-state index is 0.559. The molecule has 148 valence electrons. The van der Waals surface area contributed by atoms with Crippen molar-refractivity contribution < 1.29 is 28.2 Å². The van der Waals surface area contributed by atoms with Crippen LogP contribution in [0.1, 0.15) is 40.5 Å². The van der Waals surface area contributed by atoms with Gasteiger partial charge in [0.1, 0.15) is 5.60 Å². The molecule has 1 fully saturated rings. The van der Waals surface area contributed by atoms with Gasteiger partial charge >= 0.3 is 6.09 Å². The zero-order chi connectivity index (χ0) is 20.2.